The number of ether oxygens (including phenoxy) is 1. The molecule has 0 saturated carbocycles. The van der Waals surface area contributed by atoms with Crippen molar-refractivity contribution in [2.45, 2.75) is 50.9 Å². The highest BCUT2D eigenvalue weighted by Gasteiger charge is 2.53. The van der Waals surface area contributed by atoms with Crippen molar-refractivity contribution in [3.8, 4) is 5.75 Å². The molecule has 4 rings (SSSR count). The Balaban J connectivity index is 1.93. The molecule has 1 heterocycles. The zero-order valence-corrected chi connectivity index (χ0v) is 14.4. The first kappa shape index (κ1) is 14.7. The van der Waals surface area contributed by atoms with Crippen LogP contribution in [-0.2, 0) is 23.7 Å². The number of methoxy groups -OCH3 is 1. The summed E-state index contributed by atoms with van der Waals surface area (Å²) >= 11 is 0. The number of aryl methyl sites for hydroxylation is 1. The number of aromatic nitrogens is 2. The van der Waals surface area contributed by atoms with Gasteiger partial charge >= 0.3 is 0 Å². The van der Waals surface area contributed by atoms with Gasteiger partial charge in [0.05, 0.1) is 18.5 Å². The molecule has 1 aromatic heterocycles. The van der Waals surface area contributed by atoms with E-state index in [0.717, 1.165) is 24.3 Å². The molecular formula is C20H24N2O. The van der Waals surface area contributed by atoms with Gasteiger partial charge in [-0.3, -0.25) is 9.97 Å². The molecule has 120 valence electrons. The van der Waals surface area contributed by atoms with Gasteiger partial charge in [-0.15, -0.1) is 0 Å². The lowest BCUT2D eigenvalue weighted by molar-refractivity contribution is 0.133. The normalized spacial score (nSPS) is 27.6. The minimum Gasteiger partial charge on any atom is -0.497 e. The molecule has 0 bridgehead atoms. The van der Waals surface area contributed by atoms with E-state index >= 15 is 0 Å². The first-order valence-corrected chi connectivity index (χ1v) is 8.44. The summed E-state index contributed by atoms with van der Waals surface area (Å²) in [6, 6.07) is 6.58. The molecule has 3 nitrogen and oxygen atoms in total. The van der Waals surface area contributed by atoms with Crippen LogP contribution in [0.4, 0.5) is 0 Å². The van der Waals surface area contributed by atoms with Gasteiger partial charge < -0.3 is 4.74 Å². The van der Waals surface area contributed by atoms with Gasteiger partial charge in [0.2, 0.25) is 0 Å². The minimum absolute atomic E-state index is 0.0390. The smallest absolute Gasteiger partial charge is 0.119 e. The molecule has 3 heteroatoms. The van der Waals surface area contributed by atoms with Crippen molar-refractivity contribution in [1.29, 1.82) is 0 Å². The van der Waals surface area contributed by atoms with E-state index in [1.807, 2.05) is 12.4 Å². The van der Waals surface area contributed by atoms with Crippen LogP contribution in [0.5, 0.6) is 5.75 Å². The zero-order chi connectivity index (χ0) is 16.2. The average Bonchev–Trinajstić information content (AvgIpc) is 2.54. The molecule has 2 aromatic rings. The Morgan fingerprint density at radius 2 is 1.91 bits per heavy atom. The Morgan fingerprint density at radius 1 is 1.13 bits per heavy atom. The molecule has 2 atom stereocenters. The van der Waals surface area contributed by atoms with Gasteiger partial charge in [-0.05, 0) is 42.0 Å². The van der Waals surface area contributed by atoms with E-state index in [9.17, 15) is 0 Å². The van der Waals surface area contributed by atoms with Gasteiger partial charge in [0, 0.05) is 29.6 Å². The lowest BCUT2D eigenvalue weighted by atomic mass is 9.50. The molecule has 2 aliphatic rings. The van der Waals surface area contributed by atoms with Crippen molar-refractivity contribution in [1.82, 2.24) is 9.97 Å². The molecule has 0 saturated heterocycles. The van der Waals surface area contributed by atoms with Gasteiger partial charge in [-0.25, -0.2) is 0 Å². The minimum atomic E-state index is 0.0390. The number of rotatable bonds is 1. The molecule has 0 N–H and O–H groups in total. The lowest BCUT2D eigenvalue weighted by Gasteiger charge is -2.53. The Kier molecular flexibility index (Phi) is 3.06. The Morgan fingerprint density at radius 3 is 2.70 bits per heavy atom. The summed E-state index contributed by atoms with van der Waals surface area (Å²) in [5.74, 6) is 1.52. The first-order chi connectivity index (χ1) is 11.0. The van der Waals surface area contributed by atoms with Crippen LogP contribution >= 0.6 is 0 Å². The third kappa shape index (κ3) is 1.95. The fourth-order valence-corrected chi connectivity index (χ4v) is 5.16. The summed E-state index contributed by atoms with van der Waals surface area (Å²) in [5.41, 5.74) is 5.39. The van der Waals surface area contributed by atoms with Crippen LogP contribution in [-0.4, -0.2) is 17.1 Å². The van der Waals surface area contributed by atoms with Crippen molar-refractivity contribution in [3.05, 3.63) is 53.1 Å². The van der Waals surface area contributed by atoms with E-state index in [1.165, 1.54) is 23.2 Å². The van der Waals surface area contributed by atoms with Crippen LogP contribution in [0, 0.1) is 5.92 Å². The lowest BCUT2D eigenvalue weighted by Crippen LogP contribution is -2.52. The summed E-state index contributed by atoms with van der Waals surface area (Å²) in [7, 11) is 1.75. The second-order valence-corrected chi connectivity index (χ2v) is 7.78. The molecule has 23 heavy (non-hydrogen) atoms. The van der Waals surface area contributed by atoms with E-state index in [4.69, 9.17) is 9.72 Å². The summed E-state index contributed by atoms with van der Waals surface area (Å²) in [6.07, 6.45) is 6.97. The molecule has 0 amide bonds. The second-order valence-electron chi connectivity index (χ2n) is 7.78. The average molecular weight is 308 g/mol. The van der Waals surface area contributed by atoms with Crippen LogP contribution < -0.4 is 4.74 Å². The second kappa shape index (κ2) is 4.80. The maximum atomic E-state index is 5.50. The van der Waals surface area contributed by atoms with Gasteiger partial charge in [0.1, 0.15) is 5.75 Å². The molecule has 0 aliphatic heterocycles. The molecular weight excluding hydrogens is 284 g/mol. The van der Waals surface area contributed by atoms with Crippen LogP contribution in [0.3, 0.4) is 0 Å². The van der Waals surface area contributed by atoms with E-state index in [-0.39, 0.29) is 10.8 Å². The van der Waals surface area contributed by atoms with Crippen LogP contribution in [0.2, 0.25) is 0 Å². The van der Waals surface area contributed by atoms with Crippen molar-refractivity contribution in [3.63, 3.8) is 0 Å². The summed E-state index contributed by atoms with van der Waals surface area (Å²) in [6.45, 7) is 7.09. The molecule has 0 fully saturated rings. The molecule has 2 aliphatic carbocycles. The third-order valence-corrected chi connectivity index (χ3v) is 6.19. The standard InChI is InChI=1S/C20H24N2O/c1-19(2)17-8-6-13-5-7-14(23-4)11-15(13)20(17,3)12-16-18(19)22-10-9-21-16/h5,7,9-11,17H,6,8,12H2,1-4H3/t17?,20-/m1/s1. The van der Waals surface area contributed by atoms with E-state index < -0.39 is 0 Å². The van der Waals surface area contributed by atoms with Crippen LogP contribution in [0.15, 0.2) is 30.6 Å². The SMILES string of the molecule is COc1ccc2c(c1)[C@@]1(C)Cc3nccnc3C(C)(C)C1CC2. The highest BCUT2D eigenvalue weighted by atomic mass is 16.5. The van der Waals surface area contributed by atoms with E-state index in [0.29, 0.717) is 5.92 Å². The maximum absolute atomic E-state index is 5.50. The summed E-state index contributed by atoms with van der Waals surface area (Å²) in [4.78, 5) is 9.37. The zero-order valence-electron chi connectivity index (χ0n) is 14.4. The number of nitrogens with zero attached hydrogens (tertiary/aromatic N) is 2. The summed E-state index contributed by atoms with van der Waals surface area (Å²) < 4.78 is 5.50. The predicted molar refractivity (Wildman–Crippen MR) is 90.9 cm³/mol. The fraction of sp³-hybridized carbons (Fsp3) is 0.500. The highest BCUT2D eigenvalue weighted by Crippen LogP contribution is 2.55. The van der Waals surface area contributed by atoms with Crippen molar-refractivity contribution in [2.24, 2.45) is 5.92 Å². The quantitative estimate of drug-likeness (QED) is 0.803. The Bertz CT molecular complexity index is 768. The number of hydrogen-bond acceptors (Lipinski definition) is 3. The monoisotopic (exact) mass is 308 g/mol. The highest BCUT2D eigenvalue weighted by molar-refractivity contribution is 5.47. The molecule has 1 aromatic carbocycles. The predicted octanol–water partition coefficient (Wildman–Crippen LogP) is 3.84. The van der Waals surface area contributed by atoms with Crippen molar-refractivity contribution >= 4 is 0 Å². The number of benzene rings is 1. The van der Waals surface area contributed by atoms with Crippen molar-refractivity contribution in [2.75, 3.05) is 7.11 Å². The van der Waals surface area contributed by atoms with Crippen molar-refractivity contribution < 1.29 is 4.74 Å². The number of hydrogen-bond donors (Lipinski definition) is 0. The topological polar surface area (TPSA) is 35.0 Å². The molecule has 0 spiro atoms. The largest absolute Gasteiger partial charge is 0.497 e. The van der Waals surface area contributed by atoms with E-state index in [2.05, 4.69) is 44.0 Å². The van der Waals surface area contributed by atoms with Gasteiger partial charge in [-0.1, -0.05) is 26.8 Å². The van der Waals surface area contributed by atoms with Crippen LogP contribution in [0.25, 0.3) is 0 Å². The maximum Gasteiger partial charge on any atom is 0.119 e. The first-order valence-electron chi connectivity index (χ1n) is 8.44. The fourth-order valence-electron chi connectivity index (χ4n) is 5.16. The molecule has 1 unspecified atom stereocenters. The third-order valence-electron chi connectivity index (χ3n) is 6.19. The van der Waals surface area contributed by atoms with Gasteiger partial charge in [-0.2, -0.15) is 0 Å². The Labute approximate surface area is 138 Å². The number of fused-ring (bicyclic) bond motifs is 4. The van der Waals surface area contributed by atoms with Gasteiger partial charge in [0.15, 0.2) is 0 Å². The summed E-state index contributed by atoms with van der Waals surface area (Å²) in [5, 5.41) is 0. The molecule has 0 radical (unpaired) electrons. The van der Waals surface area contributed by atoms with Gasteiger partial charge in [0.25, 0.3) is 0 Å². The van der Waals surface area contributed by atoms with E-state index in [1.54, 1.807) is 7.11 Å². The Hall–Kier alpha value is -1.90. The van der Waals surface area contributed by atoms with Crippen LogP contribution in [0.1, 0.15) is 49.7 Å².